The molecule has 6 aliphatic rings. The van der Waals surface area contributed by atoms with Crippen LogP contribution in [-0.2, 0) is 70.5 Å². The van der Waals surface area contributed by atoms with Crippen molar-refractivity contribution < 1.29 is 89.4 Å². The minimum atomic E-state index is -1.36. The number of aromatic carboxylic acids is 3. The third-order valence-electron chi connectivity index (χ3n) is 23.2. The molecule has 12 heterocycles. The van der Waals surface area contributed by atoms with E-state index in [1.807, 2.05) is 86.5 Å². The standard InChI is InChI=1S/3C32H25ClFN3O5.CH3FS/c3*1-32(24-9-7-20(33)14-25(24)34)41-28-4-2-3-23(30(28)42-32)19-5-8-21(35-16-19)15-29-36-26-10-6-18(31(38)39)13-27(26)37(29)17-22-11-12-40-22;1-3-2/h3*2-10,13-14,16,22H,11-12,15,17H2,1H3,(H,38,39);1H3/t22-,32?;22-,32+;22-,32-;/m000./s1. The van der Waals surface area contributed by atoms with Crippen molar-refractivity contribution in [1.29, 1.82) is 0 Å². The number of aromatic nitrogens is 9. The molecule has 3 N–H and O–H groups in total. The van der Waals surface area contributed by atoms with Crippen LogP contribution in [0, 0.1) is 17.5 Å². The van der Waals surface area contributed by atoms with Gasteiger partial charge < -0.3 is 71.7 Å². The highest BCUT2D eigenvalue weighted by Crippen LogP contribution is 2.53. The SMILES string of the molecule is CC1(c2ccc(Cl)cc2F)Oc2cccc(-c3ccc(Cc4nc5ccc(C(=O)O)cc5n4C[C@@H]4CCO4)nc3)c2O1.CSF.C[C@@]1(c2ccc(Cl)cc2F)Oc2cccc(-c3ccc(Cc4nc5ccc(C(=O)O)cc5n4C[C@@H]4CCO4)nc3)c2O1.C[C@]1(c2ccc(Cl)cc2F)Oc2cccc(-c3ccc(Cc4nc5ccc(C(=O)O)cc5n4C[C@@H]4CCO4)nc3)c2O1. The van der Waals surface area contributed by atoms with Gasteiger partial charge in [-0.05, 0) is 165 Å². The zero-order valence-electron chi connectivity index (χ0n) is 69.3. The molecule has 6 aromatic heterocycles. The minimum absolute atomic E-state index is 0.0689. The van der Waals surface area contributed by atoms with Crippen molar-refractivity contribution in [3.63, 3.8) is 0 Å². The van der Waals surface area contributed by atoms with Crippen molar-refractivity contribution in [2.24, 2.45) is 0 Å². The van der Waals surface area contributed by atoms with Crippen LogP contribution in [0.25, 0.3) is 66.5 Å². The minimum Gasteiger partial charge on any atom is -0.478 e. The van der Waals surface area contributed by atoms with E-state index in [0.29, 0.717) is 88.5 Å². The van der Waals surface area contributed by atoms with Gasteiger partial charge in [-0.15, -0.1) is 0 Å². The number of carboxylic acid groups (broad SMARTS) is 3. The number of para-hydroxylation sites is 3. The van der Waals surface area contributed by atoms with Crippen LogP contribution in [0.5, 0.6) is 34.5 Å². The Bertz CT molecular complexity index is 6240. The van der Waals surface area contributed by atoms with Crippen molar-refractivity contribution in [2.75, 3.05) is 26.1 Å². The third-order valence-corrected chi connectivity index (χ3v) is 23.9. The van der Waals surface area contributed by atoms with E-state index in [1.165, 1.54) is 24.5 Å². The maximum Gasteiger partial charge on any atom is 0.335 e. The Labute approximate surface area is 754 Å². The summed E-state index contributed by atoms with van der Waals surface area (Å²) in [7, 11) is 0. The molecular weight excluding hydrogens is 1750 g/mol. The molecule has 0 aliphatic carbocycles. The van der Waals surface area contributed by atoms with Crippen molar-refractivity contribution in [3.05, 3.63) is 319 Å². The molecule has 656 valence electrons. The summed E-state index contributed by atoms with van der Waals surface area (Å²) in [6.45, 7) is 8.96. The van der Waals surface area contributed by atoms with Gasteiger partial charge in [0.05, 0.1) is 104 Å². The number of carboxylic acids is 3. The van der Waals surface area contributed by atoms with Crippen LogP contribution in [-0.4, -0.2) is 121 Å². The summed E-state index contributed by atoms with van der Waals surface area (Å²) in [6.07, 6.45) is 11.1. The van der Waals surface area contributed by atoms with Gasteiger partial charge in [0.1, 0.15) is 34.9 Å². The summed E-state index contributed by atoms with van der Waals surface area (Å²) in [5.74, 6) is -3.22. The van der Waals surface area contributed by atoms with E-state index < -0.39 is 52.7 Å². The number of halogens is 7. The number of fused-ring (bicyclic) bond motifs is 6. The van der Waals surface area contributed by atoms with E-state index >= 15 is 0 Å². The van der Waals surface area contributed by atoms with E-state index in [0.717, 1.165) is 140 Å². The summed E-state index contributed by atoms with van der Waals surface area (Å²) in [4.78, 5) is 63.3. The predicted molar refractivity (Wildman–Crippen MR) is 475 cm³/mol. The molecule has 1 unspecified atom stereocenters. The second kappa shape index (κ2) is 35.8. The smallest absolute Gasteiger partial charge is 0.335 e. The van der Waals surface area contributed by atoms with Crippen molar-refractivity contribution in [2.45, 2.75) is 115 Å². The van der Waals surface area contributed by atoms with E-state index in [9.17, 15) is 46.8 Å². The summed E-state index contributed by atoms with van der Waals surface area (Å²) in [5, 5.41) is 29.4. The van der Waals surface area contributed by atoms with Gasteiger partial charge in [-0.25, -0.2) is 42.5 Å². The Morgan fingerprint density at radius 1 is 0.403 bits per heavy atom. The number of imidazole rings is 3. The monoisotopic (exact) mass is 1820 g/mol. The van der Waals surface area contributed by atoms with E-state index in [2.05, 4.69) is 0 Å². The highest BCUT2D eigenvalue weighted by atomic mass is 35.5. The van der Waals surface area contributed by atoms with Crippen LogP contribution in [0.2, 0.25) is 15.1 Å². The lowest BCUT2D eigenvalue weighted by atomic mass is 10.1. The topological polar surface area (TPSA) is 287 Å². The molecular formula is C97H78Cl3F4N9O15S. The molecule has 129 heavy (non-hydrogen) atoms. The Morgan fingerprint density at radius 2 is 0.682 bits per heavy atom. The molecule has 32 heteroatoms. The molecule has 0 radical (unpaired) electrons. The summed E-state index contributed by atoms with van der Waals surface area (Å²) < 4.78 is 115. The number of benzene rings is 9. The number of rotatable bonds is 21. The Morgan fingerprint density at radius 3 is 0.915 bits per heavy atom. The lowest BCUT2D eigenvalue weighted by Crippen LogP contribution is -2.32. The second-order valence-corrected chi connectivity index (χ2v) is 33.4. The van der Waals surface area contributed by atoms with Crippen LogP contribution in [0.3, 0.4) is 0 Å². The molecule has 0 amide bonds. The van der Waals surface area contributed by atoms with Gasteiger partial charge in [-0.1, -0.05) is 89.4 Å². The van der Waals surface area contributed by atoms with Crippen LogP contribution in [0.4, 0.5) is 17.1 Å². The molecule has 0 spiro atoms. The van der Waals surface area contributed by atoms with Crippen LogP contribution in [0.15, 0.2) is 219 Å². The Kier molecular flexibility index (Phi) is 24.1. The summed E-state index contributed by atoms with van der Waals surface area (Å²) in [6, 6.07) is 56.3. The number of hydrogen-bond donors (Lipinski definition) is 3. The third kappa shape index (κ3) is 17.8. The fourth-order valence-corrected chi connectivity index (χ4v) is 16.8. The number of ether oxygens (including phenoxy) is 9. The predicted octanol–water partition coefficient (Wildman–Crippen LogP) is 21.1. The first kappa shape index (κ1) is 86.6. The van der Waals surface area contributed by atoms with Gasteiger partial charge in [0.15, 0.2) is 34.5 Å². The lowest BCUT2D eigenvalue weighted by molar-refractivity contribution is -0.0709. The Balaban J connectivity index is 0.000000128. The van der Waals surface area contributed by atoms with Crippen LogP contribution < -0.4 is 28.4 Å². The van der Waals surface area contributed by atoms with Gasteiger partial charge in [-0.2, -0.15) is 3.89 Å². The molecule has 6 atom stereocenters. The van der Waals surface area contributed by atoms with Gasteiger partial charge >= 0.3 is 17.9 Å². The first-order valence-corrected chi connectivity index (χ1v) is 43.4. The van der Waals surface area contributed by atoms with E-state index in [-0.39, 0.29) is 63.8 Å². The zero-order chi connectivity index (χ0) is 89.7. The molecule has 24 nitrogen and oxygen atoms in total. The highest BCUT2D eigenvalue weighted by molar-refractivity contribution is 7.93. The molecule has 6 aliphatic heterocycles. The molecule has 0 bridgehead atoms. The van der Waals surface area contributed by atoms with Gasteiger partial charge in [0.25, 0.3) is 17.4 Å². The molecule has 0 saturated carbocycles. The quantitative estimate of drug-likeness (QED) is 0.0563. The largest absolute Gasteiger partial charge is 0.478 e. The molecule has 9 aromatic carbocycles. The number of pyridine rings is 3. The normalized spacial score (nSPS) is 18.9. The highest BCUT2D eigenvalue weighted by Gasteiger charge is 2.46. The van der Waals surface area contributed by atoms with Gasteiger partial charge in [0, 0.05) is 162 Å². The summed E-state index contributed by atoms with van der Waals surface area (Å²) >= 11 is 18.1. The van der Waals surface area contributed by atoms with E-state index in [4.69, 9.17) is 107 Å². The van der Waals surface area contributed by atoms with Crippen molar-refractivity contribution >= 4 is 98.0 Å². The Hall–Kier alpha value is -13.1. The maximum absolute atomic E-state index is 14.8. The lowest BCUT2D eigenvalue weighted by Gasteiger charge is -2.27. The number of hydrogen-bond acceptors (Lipinski definition) is 19. The molecule has 15 aromatic rings. The first-order chi connectivity index (χ1) is 62.2. The fraction of sp³-hybridized carbons (Fsp3) is 0.227. The van der Waals surface area contributed by atoms with Crippen molar-refractivity contribution in [3.8, 4) is 67.9 Å². The number of carbonyl (C=O) groups is 3. The molecule has 21 rings (SSSR count). The second-order valence-electron chi connectivity index (χ2n) is 31.8. The number of nitrogens with zero attached hydrogens (tertiary/aromatic N) is 9. The van der Waals surface area contributed by atoms with Gasteiger partial charge in [0.2, 0.25) is 0 Å². The summed E-state index contributed by atoms with van der Waals surface area (Å²) in [5.41, 5.74) is 12.9. The van der Waals surface area contributed by atoms with Crippen LogP contribution >= 0.6 is 47.0 Å². The molecule has 3 saturated heterocycles. The van der Waals surface area contributed by atoms with Crippen LogP contribution in [0.1, 0.15) is 122 Å². The maximum atomic E-state index is 14.8. The van der Waals surface area contributed by atoms with Crippen molar-refractivity contribution in [1.82, 2.24) is 43.6 Å². The average Bonchev–Trinajstić information content (AvgIpc) is 1.61. The average molecular weight is 1820 g/mol. The molecule has 3 fully saturated rings. The first-order valence-electron chi connectivity index (χ1n) is 41.2. The fourth-order valence-electron chi connectivity index (χ4n) is 16.3. The van der Waals surface area contributed by atoms with E-state index in [1.54, 1.807) is 149 Å². The zero-order valence-corrected chi connectivity index (χ0v) is 72.4. The van der Waals surface area contributed by atoms with Gasteiger partial charge in [-0.3, -0.25) is 15.0 Å².